The van der Waals surface area contributed by atoms with Crippen molar-refractivity contribution in [3.8, 4) is 0 Å². The van der Waals surface area contributed by atoms with Crippen LogP contribution in [0.4, 0.5) is 0 Å². The number of hydrogen-bond acceptors (Lipinski definition) is 8. The highest BCUT2D eigenvalue weighted by Gasteiger charge is 2.44. The van der Waals surface area contributed by atoms with E-state index in [0.29, 0.717) is 0 Å². The predicted octanol–water partition coefficient (Wildman–Crippen LogP) is -3.88. The first-order valence-corrected chi connectivity index (χ1v) is 5.29. The normalized spacial score (nSPS) is 40.2. The van der Waals surface area contributed by atoms with E-state index >= 15 is 0 Å². The van der Waals surface area contributed by atoms with Crippen molar-refractivity contribution < 1.29 is 35.0 Å². The van der Waals surface area contributed by atoms with Gasteiger partial charge in [0.2, 0.25) is 0 Å². The average Bonchev–Trinajstić information content (AvgIpc) is 2.34. The van der Waals surface area contributed by atoms with Gasteiger partial charge in [-0.2, -0.15) is 0 Å². The molecule has 0 aliphatic carbocycles. The summed E-state index contributed by atoms with van der Waals surface area (Å²) in [5.41, 5.74) is 5.39. The van der Waals surface area contributed by atoms with Gasteiger partial charge in [0.25, 0.3) is 0 Å². The summed E-state index contributed by atoms with van der Waals surface area (Å²) < 4.78 is 10.1. The molecule has 0 saturated carbocycles. The summed E-state index contributed by atoms with van der Waals surface area (Å²) in [6, 6.07) is -0.637. The van der Waals surface area contributed by atoms with Gasteiger partial charge in [0.15, 0.2) is 6.29 Å². The summed E-state index contributed by atoms with van der Waals surface area (Å²) >= 11 is 0. The maximum Gasteiger partial charge on any atom is 0.186 e. The fourth-order valence-electron chi connectivity index (χ4n) is 1.48. The Labute approximate surface area is 98.2 Å². The smallest absolute Gasteiger partial charge is 0.186 e. The molecule has 0 spiro atoms. The van der Waals surface area contributed by atoms with Gasteiger partial charge in [-0.15, -0.1) is 0 Å². The Morgan fingerprint density at radius 1 is 1.12 bits per heavy atom. The summed E-state index contributed by atoms with van der Waals surface area (Å²) in [4.78, 5) is 0. The van der Waals surface area contributed by atoms with E-state index in [2.05, 4.69) is 0 Å². The molecule has 6 atom stereocenters. The largest absolute Gasteiger partial charge is 0.395 e. The monoisotopic (exact) mass is 253 g/mol. The Morgan fingerprint density at radius 3 is 2.29 bits per heavy atom. The molecule has 1 saturated heterocycles. The van der Waals surface area contributed by atoms with Gasteiger partial charge >= 0.3 is 0 Å². The van der Waals surface area contributed by atoms with Crippen molar-refractivity contribution in [2.75, 3.05) is 19.8 Å². The first-order valence-electron chi connectivity index (χ1n) is 5.29. The topological polar surface area (TPSA) is 146 Å². The van der Waals surface area contributed by atoms with Crippen LogP contribution in [-0.2, 0) is 9.47 Å². The van der Waals surface area contributed by atoms with Crippen LogP contribution in [0.5, 0.6) is 0 Å². The molecule has 1 aliphatic heterocycles. The van der Waals surface area contributed by atoms with Crippen LogP contribution in [-0.4, -0.2) is 82.1 Å². The summed E-state index contributed by atoms with van der Waals surface area (Å²) in [7, 11) is 0. The Bertz CT molecular complexity index is 227. The zero-order valence-corrected chi connectivity index (χ0v) is 9.22. The van der Waals surface area contributed by atoms with Gasteiger partial charge in [0, 0.05) is 0 Å². The SMILES string of the molecule is N[C@H](CO)CO[C@@H]1O[C@H](CO)[C@@H](O)[C@H](O)[C@H]1O. The third kappa shape index (κ3) is 3.57. The van der Waals surface area contributed by atoms with Crippen LogP contribution in [0.1, 0.15) is 0 Å². The molecule has 0 aromatic heterocycles. The second-order valence-corrected chi connectivity index (χ2v) is 3.97. The molecular weight excluding hydrogens is 234 g/mol. The Kier molecular flexibility index (Phi) is 5.70. The van der Waals surface area contributed by atoms with Gasteiger partial charge in [-0.3, -0.25) is 0 Å². The molecule has 0 unspecified atom stereocenters. The van der Waals surface area contributed by atoms with Gasteiger partial charge < -0.3 is 40.7 Å². The molecule has 0 aromatic rings. The lowest BCUT2D eigenvalue weighted by atomic mass is 9.99. The van der Waals surface area contributed by atoms with E-state index in [1.165, 1.54) is 0 Å². The van der Waals surface area contributed by atoms with E-state index < -0.39 is 43.4 Å². The molecule has 1 aliphatic rings. The molecule has 0 aromatic carbocycles. The first kappa shape index (κ1) is 14.7. The van der Waals surface area contributed by atoms with E-state index in [4.69, 9.17) is 25.4 Å². The summed E-state index contributed by atoms with van der Waals surface area (Å²) in [5.74, 6) is 0. The molecule has 7 N–H and O–H groups in total. The Hall–Kier alpha value is -0.320. The average molecular weight is 253 g/mol. The number of aliphatic hydroxyl groups excluding tert-OH is 5. The summed E-state index contributed by atoms with van der Waals surface area (Å²) in [6.45, 7) is -0.895. The van der Waals surface area contributed by atoms with Gasteiger partial charge in [-0.1, -0.05) is 0 Å². The molecule has 0 radical (unpaired) electrons. The highest BCUT2D eigenvalue weighted by molar-refractivity contribution is 4.88. The van der Waals surface area contributed by atoms with Crippen molar-refractivity contribution in [3.05, 3.63) is 0 Å². The van der Waals surface area contributed by atoms with Crippen molar-refractivity contribution in [2.45, 2.75) is 36.7 Å². The van der Waals surface area contributed by atoms with E-state index in [1.54, 1.807) is 0 Å². The van der Waals surface area contributed by atoms with Crippen LogP contribution < -0.4 is 5.73 Å². The van der Waals surface area contributed by atoms with Crippen molar-refractivity contribution >= 4 is 0 Å². The summed E-state index contributed by atoms with van der Waals surface area (Å²) in [6.07, 6.45) is -6.55. The zero-order chi connectivity index (χ0) is 13.0. The molecule has 1 fully saturated rings. The Balaban J connectivity index is 2.53. The molecule has 1 rings (SSSR count). The maximum absolute atomic E-state index is 9.56. The number of ether oxygens (including phenoxy) is 2. The zero-order valence-electron chi connectivity index (χ0n) is 9.22. The lowest BCUT2D eigenvalue weighted by Gasteiger charge is -2.39. The van der Waals surface area contributed by atoms with Gasteiger partial charge in [0.1, 0.15) is 24.4 Å². The fourth-order valence-corrected chi connectivity index (χ4v) is 1.48. The highest BCUT2D eigenvalue weighted by atomic mass is 16.7. The minimum atomic E-state index is -1.48. The highest BCUT2D eigenvalue weighted by Crippen LogP contribution is 2.21. The predicted molar refractivity (Wildman–Crippen MR) is 54.8 cm³/mol. The molecular formula is C9H19NO7. The Morgan fingerprint density at radius 2 is 1.76 bits per heavy atom. The first-order chi connectivity index (χ1) is 8.01. The van der Waals surface area contributed by atoms with Crippen LogP contribution >= 0.6 is 0 Å². The lowest BCUT2D eigenvalue weighted by Crippen LogP contribution is -2.59. The minimum Gasteiger partial charge on any atom is -0.395 e. The third-order valence-corrected chi connectivity index (χ3v) is 2.56. The van der Waals surface area contributed by atoms with Gasteiger partial charge in [0.05, 0.1) is 25.9 Å². The van der Waals surface area contributed by atoms with E-state index in [1.807, 2.05) is 0 Å². The van der Waals surface area contributed by atoms with Crippen LogP contribution in [0.3, 0.4) is 0 Å². The van der Waals surface area contributed by atoms with Crippen LogP contribution in [0, 0.1) is 0 Å². The third-order valence-electron chi connectivity index (χ3n) is 2.56. The van der Waals surface area contributed by atoms with Crippen LogP contribution in [0.25, 0.3) is 0 Å². The number of hydrogen-bond donors (Lipinski definition) is 6. The summed E-state index contributed by atoms with van der Waals surface area (Å²) in [5, 5.41) is 46.1. The molecule has 17 heavy (non-hydrogen) atoms. The maximum atomic E-state index is 9.56. The van der Waals surface area contributed by atoms with E-state index in [-0.39, 0.29) is 13.2 Å². The second-order valence-electron chi connectivity index (χ2n) is 3.97. The van der Waals surface area contributed by atoms with Crippen molar-refractivity contribution in [1.29, 1.82) is 0 Å². The number of nitrogens with two attached hydrogens (primary N) is 1. The van der Waals surface area contributed by atoms with Crippen LogP contribution in [0.2, 0.25) is 0 Å². The standard InChI is InChI=1S/C9H19NO7/c10-4(1-11)3-16-9-8(15)7(14)6(13)5(2-12)17-9/h4-9,11-15H,1-3,10H2/t4-,5-,6-,7+,8-,9-/m1/s1. The van der Waals surface area contributed by atoms with Gasteiger partial charge in [-0.05, 0) is 0 Å². The lowest BCUT2D eigenvalue weighted by molar-refractivity contribution is -0.301. The minimum absolute atomic E-state index is 0.0841. The van der Waals surface area contributed by atoms with Crippen molar-refractivity contribution in [1.82, 2.24) is 0 Å². The fraction of sp³-hybridized carbons (Fsp3) is 1.00. The molecule has 0 amide bonds. The molecule has 1 heterocycles. The second kappa shape index (κ2) is 6.57. The van der Waals surface area contributed by atoms with E-state index in [9.17, 15) is 15.3 Å². The van der Waals surface area contributed by atoms with Gasteiger partial charge in [-0.25, -0.2) is 0 Å². The molecule has 0 bridgehead atoms. The number of rotatable bonds is 5. The number of aliphatic hydroxyl groups is 5. The quantitative estimate of drug-likeness (QED) is 0.292. The van der Waals surface area contributed by atoms with Crippen molar-refractivity contribution in [2.24, 2.45) is 5.73 Å². The van der Waals surface area contributed by atoms with Crippen LogP contribution in [0.15, 0.2) is 0 Å². The molecule has 8 heteroatoms. The van der Waals surface area contributed by atoms with Crippen molar-refractivity contribution in [3.63, 3.8) is 0 Å². The molecule has 8 nitrogen and oxygen atoms in total. The van der Waals surface area contributed by atoms with E-state index in [0.717, 1.165) is 0 Å². The molecule has 102 valence electrons.